The average molecular weight is 468 g/mol. The summed E-state index contributed by atoms with van der Waals surface area (Å²) in [6.07, 6.45) is 0.0826. The Bertz CT molecular complexity index is 1260. The third kappa shape index (κ3) is 4.41. The third-order valence-electron chi connectivity index (χ3n) is 5.67. The lowest BCUT2D eigenvalue weighted by Gasteiger charge is -2.26. The molecular weight excluding hydrogens is 442 g/mol. The second-order valence-corrected chi connectivity index (χ2v) is 8.54. The second kappa shape index (κ2) is 9.58. The number of anilines is 1. The van der Waals surface area contributed by atoms with Gasteiger partial charge in [0.1, 0.15) is 5.82 Å². The van der Waals surface area contributed by atoms with Crippen molar-refractivity contribution in [2.45, 2.75) is 30.2 Å². The Morgan fingerprint density at radius 3 is 2.48 bits per heavy atom. The number of amides is 1. The number of methoxy groups -OCH3 is 3. The molecule has 4 rings (SSSR count). The highest BCUT2D eigenvalue weighted by atomic mass is 32.2. The van der Waals surface area contributed by atoms with Crippen molar-refractivity contribution in [3.63, 3.8) is 0 Å². The molecule has 0 saturated heterocycles. The van der Waals surface area contributed by atoms with Crippen LogP contribution in [0, 0.1) is 6.92 Å². The summed E-state index contributed by atoms with van der Waals surface area (Å²) in [5, 5.41) is 3.21. The fourth-order valence-corrected chi connectivity index (χ4v) is 4.94. The van der Waals surface area contributed by atoms with E-state index in [0.717, 1.165) is 5.56 Å². The van der Waals surface area contributed by atoms with Crippen molar-refractivity contribution < 1.29 is 19.0 Å². The van der Waals surface area contributed by atoms with E-state index in [-0.39, 0.29) is 23.7 Å². The summed E-state index contributed by atoms with van der Waals surface area (Å²) in [5.74, 6) is 1.46. The number of fused-ring (bicyclic) bond motifs is 1. The van der Waals surface area contributed by atoms with Gasteiger partial charge in [-0.3, -0.25) is 9.59 Å². The van der Waals surface area contributed by atoms with Crippen LogP contribution in [0.15, 0.2) is 46.3 Å². The smallest absolute Gasteiger partial charge is 0.257 e. The van der Waals surface area contributed by atoms with Crippen molar-refractivity contribution in [1.29, 1.82) is 0 Å². The molecule has 1 aliphatic heterocycles. The number of H-pyrrole nitrogens is 1. The fourth-order valence-electron chi connectivity index (χ4n) is 4.00. The number of nitrogens with one attached hydrogen (secondary N) is 2. The highest BCUT2D eigenvalue weighted by Crippen LogP contribution is 2.46. The molecule has 172 valence electrons. The van der Waals surface area contributed by atoms with Crippen molar-refractivity contribution >= 4 is 23.5 Å². The summed E-state index contributed by atoms with van der Waals surface area (Å²) in [6.45, 7) is 2.04. The van der Waals surface area contributed by atoms with Crippen molar-refractivity contribution in [2.75, 3.05) is 26.6 Å². The van der Waals surface area contributed by atoms with Crippen LogP contribution in [0.5, 0.6) is 17.2 Å². The molecule has 1 aromatic heterocycles. The SMILES string of the molecule is COc1ccc([C@@H]2CC(=O)Nc3nc(SCc4ccccc4C)[nH]c(=O)c32)c(OC)c1OC. The van der Waals surface area contributed by atoms with E-state index in [0.29, 0.717) is 39.3 Å². The minimum absolute atomic E-state index is 0.0826. The molecule has 0 aliphatic carbocycles. The largest absolute Gasteiger partial charge is 0.493 e. The molecular formula is C24H25N3O5S. The molecule has 2 N–H and O–H groups in total. The van der Waals surface area contributed by atoms with Crippen LogP contribution >= 0.6 is 11.8 Å². The van der Waals surface area contributed by atoms with E-state index in [2.05, 4.69) is 15.3 Å². The second-order valence-electron chi connectivity index (χ2n) is 7.58. The number of carbonyl (C=O) groups is 1. The first kappa shape index (κ1) is 22.7. The van der Waals surface area contributed by atoms with Gasteiger partial charge in [-0.25, -0.2) is 4.98 Å². The first-order valence-corrected chi connectivity index (χ1v) is 11.4. The molecule has 8 nitrogen and oxygen atoms in total. The van der Waals surface area contributed by atoms with Gasteiger partial charge in [-0.05, 0) is 24.1 Å². The predicted octanol–water partition coefficient (Wildman–Crippen LogP) is 3.87. The lowest BCUT2D eigenvalue weighted by Crippen LogP contribution is -2.31. The molecule has 3 aromatic rings. The number of nitrogens with zero attached hydrogens (tertiary/aromatic N) is 1. The summed E-state index contributed by atoms with van der Waals surface area (Å²) in [4.78, 5) is 33.2. The summed E-state index contributed by atoms with van der Waals surface area (Å²) < 4.78 is 16.4. The summed E-state index contributed by atoms with van der Waals surface area (Å²) in [7, 11) is 4.56. The number of aromatic amines is 1. The molecule has 0 fully saturated rings. The van der Waals surface area contributed by atoms with Crippen LogP contribution < -0.4 is 25.1 Å². The monoisotopic (exact) mass is 467 g/mol. The maximum absolute atomic E-state index is 13.2. The number of hydrogen-bond donors (Lipinski definition) is 2. The maximum Gasteiger partial charge on any atom is 0.257 e. The maximum atomic E-state index is 13.2. The normalized spacial score (nSPS) is 14.9. The lowest BCUT2D eigenvalue weighted by molar-refractivity contribution is -0.116. The molecule has 2 heterocycles. The van der Waals surface area contributed by atoms with Crippen LogP contribution in [-0.4, -0.2) is 37.2 Å². The lowest BCUT2D eigenvalue weighted by atomic mass is 9.86. The number of hydrogen-bond acceptors (Lipinski definition) is 7. The number of thioether (sulfide) groups is 1. The van der Waals surface area contributed by atoms with E-state index in [4.69, 9.17) is 14.2 Å². The summed E-state index contributed by atoms with van der Waals surface area (Å²) in [6, 6.07) is 11.6. The Kier molecular flexibility index (Phi) is 6.60. The third-order valence-corrected chi connectivity index (χ3v) is 6.59. The van der Waals surface area contributed by atoms with Crippen molar-refractivity contribution in [3.8, 4) is 17.2 Å². The highest BCUT2D eigenvalue weighted by Gasteiger charge is 2.34. The molecule has 0 bridgehead atoms. The van der Waals surface area contributed by atoms with E-state index in [1.807, 2.05) is 31.2 Å². The van der Waals surface area contributed by atoms with E-state index < -0.39 is 5.92 Å². The number of benzene rings is 2. The Hall–Kier alpha value is -3.46. The topological polar surface area (TPSA) is 103 Å². The van der Waals surface area contributed by atoms with Crippen LogP contribution in [0.3, 0.4) is 0 Å². The zero-order valence-corrected chi connectivity index (χ0v) is 19.7. The van der Waals surface area contributed by atoms with Crippen molar-refractivity contribution in [2.24, 2.45) is 0 Å². The van der Waals surface area contributed by atoms with Crippen LogP contribution in [0.25, 0.3) is 0 Å². The minimum Gasteiger partial charge on any atom is -0.493 e. The minimum atomic E-state index is -0.546. The molecule has 0 radical (unpaired) electrons. The average Bonchev–Trinajstić information content (AvgIpc) is 2.81. The van der Waals surface area contributed by atoms with Gasteiger partial charge in [0.2, 0.25) is 11.7 Å². The van der Waals surface area contributed by atoms with Gasteiger partial charge in [-0.1, -0.05) is 42.1 Å². The van der Waals surface area contributed by atoms with E-state index in [1.165, 1.54) is 38.7 Å². The Labute approximate surface area is 195 Å². The van der Waals surface area contributed by atoms with Crippen LogP contribution in [0.4, 0.5) is 5.82 Å². The standard InChI is InChI=1S/C24H25N3O5S/c1-13-7-5-6-8-14(13)12-33-24-26-22-19(23(29)27-24)16(11-18(28)25-22)15-9-10-17(30-2)21(32-4)20(15)31-3/h5-10,16H,11-12H2,1-4H3,(H2,25,26,27,28,29)/t16-/m0/s1. The van der Waals surface area contributed by atoms with Gasteiger partial charge < -0.3 is 24.5 Å². The molecule has 33 heavy (non-hydrogen) atoms. The summed E-state index contributed by atoms with van der Waals surface area (Å²) >= 11 is 1.41. The number of carbonyl (C=O) groups excluding carboxylic acids is 1. The van der Waals surface area contributed by atoms with Gasteiger partial charge in [0.25, 0.3) is 5.56 Å². The highest BCUT2D eigenvalue weighted by molar-refractivity contribution is 7.98. The fraction of sp³-hybridized carbons (Fsp3) is 0.292. The predicted molar refractivity (Wildman–Crippen MR) is 127 cm³/mol. The molecule has 0 spiro atoms. The molecule has 0 saturated carbocycles. The number of aromatic nitrogens is 2. The van der Waals surface area contributed by atoms with Crippen LogP contribution in [0.2, 0.25) is 0 Å². The van der Waals surface area contributed by atoms with Gasteiger partial charge in [-0.15, -0.1) is 0 Å². The van der Waals surface area contributed by atoms with Crippen molar-refractivity contribution in [3.05, 3.63) is 69.0 Å². The Morgan fingerprint density at radius 1 is 1.03 bits per heavy atom. The van der Waals surface area contributed by atoms with E-state index in [1.54, 1.807) is 12.1 Å². The Balaban J connectivity index is 1.74. The van der Waals surface area contributed by atoms with Crippen LogP contribution in [-0.2, 0) is 10.5 Å². The number of ether oxygens (including phenoxy) is 3. The van der Waals surface area contributed by atoms with E-state index in [9.17, 15) is 9.59 Å². The number of aryl methyl sites for hydroxylation is 1. The number of rotatable bonds is 7. The van der Waals surface area contributed by atoms with Crippen molar-refractivity contribution in [1.82, 2.24) is 9.97 Å². The van der Waals surface area contributed by atoms with Gasteiger partial charge in [0.05, 0.1) is 26.9 Å². The molecule has 1 atom stereocenters. The molecule has 1 amide bonds. The Morgan fingerprint density at radius 2 is 1.79 bits per heavy atom. The molecule has 2 aromatic carbocycles. The van der Waals surface area contributed by atoms with Crippen LogP contribution in [0.1, 0.15) is 34.6 Å². The first-order valence-electron chi connectivity index (χ1n) is 10.4. The zero-order valence-electron chi connectivity index (χ0n) is 18.9. The quantitative estimate of drug-likeness (QED) is 0.402. The molecule has 1 aliphatic rings. The molecule has 0 unspecified atom stereocenters. The zero-order chi connectivity index (χ0) is 23.5. The molecule has 9 heteroatoms. The van der Waals surface area contributed by atoms with Gasteiger partial charge in [-0.2, -0.15) is 0 Å². The van der Waals surface area contributed by atoms with E-state index >= 15 is 0 Å². The van der Waals surface area contributed by atoms with Gasteiger partial charge in [0.15, 0.2) is 16.7 Å². The summed E-state index contributed by atoms with van der Waals surface area (Å²) in [5.41, 5.74) is 3.06. The van der Waals surface area contributed by atoms with Gasteiger partial charge >= 0.3 is 0 Å². The first-order chi connectivity index (χ1) is 16.0. The van der Waals surface area contributed by atoms with Gasteiger partial charge in [0, 0.05) is 23.7 Å².